The van der Waals surface area contributed by atoms with Gasteiger partial charge in [0.2, 0.25) is 0 Å². The van der Waals surface area contributed by atoms with E-state index in [1.807, 2.05) is 12.1 Å². The van der Waals surface area contributed by atoms with Crippen LogP contribution in [0.4, 0.5) is 0 Å². The van der Waals surface area contributed by atoms with Crippen LogP contribution >= 0.6 is 0 Å². The van der Waals surface area contributed by atoms with Crippen LogP contribution in [-0.2, 0) is 0 Å². The van der Waals surface area contributed by atoms with E-state index in [-0.39, 0.29) is 0 Å². The molecular formula is C14H23NO2. The lowest BCUT2D eigenvalue weighted by atomic mass is 9.93. The molecule has 0 bridgehead atoms. The van der Waals surface area contributed by atoms with E-state index in [1.165, 1.54) is 5.56 Å². The Labute approximate surface area is 104 Å². The van der Waals surface area contributed by atoms with E-state index in [9.17, 15) is 0 Å². The zero-order valence-corrected chi connectivity index (χ0v) is 11.4. The molecule has 0 fully saturated rings. The maximum Gasteiger partial charge on any atom is 0.122 e. The summed E-state index contributed by atoms with van der Waals surface area (Å²) in [6.07, 6.45) is 0. The minimum Gasteiger partial charge on any atom is -0.497 e. The summed E-state index contributed by atoms with van der Waals surface area (Å²) < 4.78 is 10.7. The number of rotatable bonds is 6. The van der Waals surface area contributed by atoms with Gasteiger partial charge >= 0.3 is 0 Å². The highest BCUT2D eigenvalue weighted by Gasteiger charge is 2.18. The fourth-order valence-corrected chi connectivity index (χ4v) is 1.96. The van der Waals surface area contributed by atoms with E-state index in [0.717, 1.165) is 18.0 Å². The van der Waals surface area contributed by atoms with Gasteiger partial charge in [-0.2, -0.15) is 0 Å². The zero-order chi connectivity index (χ0) is 12.8. The van der Waals surface area contributed by atoms with Crippen LogP contribution < -0.4 is 14.8 Å². The van der Waals surface area contributed by atoms with E-state index in [0.29, 0.717) is 12.0 Å². The lowest BCUT2D eigenvalue weighted by Crippen LogP contribution is -2.30. The predicted molar refractivity (Wildman–Crippen MR) is 71.1 cm³/mol. The van der Waals surface area contributed by atoms with Crippen LogP contribution in [0.15, 0.2) is 18.2 Å². The van der Waals surface area contributed by atoms with Crippen molar-refractivity contribution in [2.45, 2.75) is 32.7 Å². The number of benzene rings is 1. The first-order valence-electron chi connectivity index (χ1n) is 6.09. The summed E-state index contributed by atoms with van der Waals surface area (Å²) in [5.41, 5.74) is 1.18. The van der Waals surface area contributed by atoms with Crippen molar-refractivity contribution in [1.82, 2.24) is 5.32 Å². The average Bonchev–Trinajstić information content (AvgIpc) is 2.37. The van der Waals surface area contributed by atoms with Gasteiger partial charge in [0, 0.05) is 11.6 Å². The topological polar surface area (TPSA) is 30.5 Å². The molecule has 0 spiro atoms. The monoisotopic (exact) mass is 237 g/mol. The molecule has 0 aliphatic rings. The molecule has 3 heteroatoms. The number of hydrogen-bond donors (Lipinski definition) is 1. The van der Waals surface area contributed by atoms with Gasteiger partial charge in [-0.05, 0) is 37.6 Å². The van der Waals surface area contributed by atoms with Crippen molar-refractivity contribution >= 4 is 0 Å². The Morgan fingerprint density at radius 1 is 1.18 bits per heavy atom. The van der Waals surface area contributed by atoms with Crippen molar-refractivity contribution in [3.63, 3.8) is 0 Å². The molecule has 2 atom stereocenters. The fourth-order valence-electron chi connectivity index (χ4n) is 1.96. The van der Waals surface area contributed by atoms with Gasteiger partial charge in [-0.3, -0.25) is 0 Å². The predicted octanol–water partition coefficient (Wildman–Crippen LogP) is 2.81. The summed E-state index contributed by atoms with van der Waals surface area (Å²) >= 11 is 0. The first kappa shape index (κ1) is 13.8. The summed E-state index contributed by atoms with van der Waals surface area (Å²) in [6, 6.07) is 6.34. The minimum absolute atomic E-state index is 0.375. The molecule has 0 amide bonds. The Kier molecular flexibility index (Phi) is 5.29. The number of nitrogens with one attached hydrogen (secondary N) is 1. The zero-order valence-electron chi connectivity index (χ0n) is 11.4. The molecule has 0 heterocycles. The standard InChI is InChI=1S/C14H23NO2/c1-6-15-11(3)10(2)13-9-12(16-4)7-8-14(13)17-5/h7-11,15H,6H2,1-5H3. The van der Waals surface area contributed by atoms with Crippen molar-refractivity contribution in [3.8, 4) is 11.5 Å². The molecule has 0 saturated heterocycles. The smallest absolute Gasteiger partial charge is 0.122 e. The van der Waals surface area contributed by atoms with Gasteiger partial charge in [0.1, 0.15) is 11.5 Å². The molecule has 0 aliphatic carbocycles. The van der Waals surface area contributed by atoms with E-state index < -0.39 is 0 Å². The normalized spacial score (nSPS) is 14.2. The van der Waals surface area contributed by atoms with Gasteiger partial charge in [0.05, 0.1) is 14.2 Å². The Bertz CT molecular complexity index is 352. The second kappa shape index (κ2) is 6.50. The van der Waals surface area contributed by atoms with Crippen molar-refractivity contribution < 1.29 is 9.47 Å². The van der Waals surface area contributed by atoms with Crippen LogP contribution in [0, 0.1) is 0 Å². The first-order valence-corrected chi connectivity index (χ1v) is 6.09. The van der Waals surface area contributed by atoms with Gasteiger partial charge in [-0.1, -0.05) is 13.8 Å². The third-order valence-corrected chi connectivity index (χ3v) is 3.20. The highest BCUT2D eigenvalue weighted by atomic mass is 16.5. The third-order valence-electron chi connectivity index (χ3n) is 3.20. The van der Waals surface area contributed by atoms with Crippen LogP contribution in [0.5, 0.6) is 11.5 Å². The van der Waals surface area contributed by atoms with Gasteiger partial charge in [0.25, 0.3) is 0 Å². The van der Waals surface area contributed by atoms with E-state index in [1.54, 1.807) is 14.2 Å². The highest BCUT2D eigenvalue weighted by Crippen LogP contribution is 2.32. The summed E-state index contributed by atoms with van der Waals surface area (Å²) in [4.78, 5) is 0. The largest absolute Gasteiger partial charge is 0.497 e. The van der Waals surface area contributed by atoms with Crippen LogP contribution in [0.25, 0.3) is 0 Å². The molecule has 3 nitrogen and oxygen atoms in total. The van der Waals surface area contributed by atoms with Crippen LogP contribution in [-0.4, -0.2) is 26.8 Å². The molecule has 1 rings (SSSR count). The van der Waals surface area contributed by atoms with E-state index >= 15 is 0 Å². The van der Waals surface area contributed by atoms with Crippen LogP contribution in [0.3, 0.4) is 0 Å². The average molecular weight is 237 g/mol. The van der Waals surface area contributed by atoms with Crippen molar-refractivity contribution in [3.05, 3.63) is 23.8 Å². The molecule has 2 unspecified atom stereocenters. The second-order valence-electron chi connectivity index (χ2n) is 4.24. The molecule has 0 radical (unpaired) electrons. The van der Waals surface area contributed by atoms with E-state index in [4.69, 9.17) is 9.47 Å². The fraction of sp³-hybridized carbons (Fsp3) is 0.571. The SMILES string of the molecule is CCNC(C)C(C)c1cc(OC)ccc1OC. The molecule has 1 aromatic carbocycles. The quantitative estimate of drug-likeness (QED) is 0.825. The highest BCUT2D eigenvalue weighted by molar-refractivity contribution is 5.42. The lowest BCUT2D eigenvalue weighted by molar-refractivity contribution is 0.388. The summed E-state index contributed by atoms with van der Waals surface area (Å²) in [5, 5.41) is 3.44. The minimum atomic E-state index is 0.375. The molecule has 17 heavy (non-hydrogen) atoms. The van der Waals surface area contributed by atoms with Crippen molar-refractivity contribution in [2.24, 2.45) is 0 Å². The van der Waals surface area contributed by atoms with Crippen molar-refractivity contribution in [2.75, 3.05) is 20.8 Å². The number of hydrogen-bond acceptors (Lipinski definition) is 3. The van der Waals surface area contributed by atoms with Gasteiger partial charge in [0.15, 0.2) is 0 Å². The summed E-state index contributed by atoms with van der Waals surface area (Å²) in [7, 11) is 3.39. The second-order valence-corrected chi connectivity index (χ2v) is 4.24. The Hall–Kier alpha value is -1.22. The Morgan fingerprint density at radius 2 is 1.88 bits per heavy atom. The van der Waals surface area contributed by atoms with Gasteiger partial charge < -0.3 is 14.8 Å². The Balaban J connectivity index is 3.00. The molecular weight excluding hydrogens is 214 g/mol. The molecule has 0 saturated carbocycles. The third kappa shape index (κ3) is 3.37. The molecule has 0 aliphatic heterocycles. The van der Waals surface area contributed by atoms with Crippen molar-refractivity contribution in [1.29, 1.82) is 0 Å². The molecule has 1 N–H and O–H groups in total. The van der Waals surface area contributed by atoms with Crippen LogP contribution in [0.2, 0.25) is 0 Å². The molecule has 0 aromatic heterocycles. The first-order chi connectivity index (χ1) is 8.13. The number of ether oxygens (including phenoxy) is 2. The lowest BCUT2D eigenvalue weighted by Gasteiger charge is -2.23. The maximum absolute atomic E-state index is 5.41. The summed E-state index contributed by atoms with van der Waals surface area (Å²) in [5.74, 6) is 2.17. The number of likely N-dealkylation sites (N-methyl/N-ethyl adjacent to an activating group) is 1. The molecule has 96 valence electrons. The number of methoxy groups -OCH3 is 2. The maximum atomic E-state index is 5.41. The van der Waals surface area contributed by atoms with Gasteiger partial charge in [-0.15, -0.1) is 0 Å². The van der Waals surface area contributed by atoms with E-state index in [2.05, 4.69) is 32.2 Å². The Morgan fingerprint density at radius 3 is 2.41 bits per heavy atom. The molecule has 1 aromatic rings. The van der Waals surface area contributed by atoms with Gasteiger partial charge in [-0.25, -0.2) is 0 Å². The summed E-state index contributed by atoms with van der Waals surface area (Å²) in [6.45, 7) is 7.47. The van der Waals surface area contributed by atoms with Crippen LogP contribution in [0.1, 0.15) is 32.3 Å².